The molecule has 3 rings (SSSR count). The van der Waals surface area contributed by atoms with Gasteiger partial charge >= 0.3 is 0 Å². The molecule has 2 nitrogen and oxygen atoms in total. The van der Waals surface area contributed by atoms with Gasteiger partial charge in [-0.05, 0) is 43.5 Å². The standard InChI is InChI=1S/C11H10O.CH5N/c1-2-9(8-4-5-8)10-6-7-12-11(10)3-1;1-2/h1-3,6-8H,4-5H2;2H2,1H3. The Bertz CT molecular complexity index is 415. The first-order valence-electron chi connectivity index (χ1n) is 4.99. The van der Waals surface area contributed by atoms with Crippen molar-refractivity contribution in [1.82, 2.24) is 0 Å². The van der Waals surface area contributed by atoms with E-state index in [1.807, 2.05) is 6.07 Å². The molecule has 0 atom stereocenters. The largest absolute Gasteiger partial charge is 0.464 e. The molecule has 2 aromatic rings. The molecule has 0 amide bonds. The molecule has 14 heavy (non-hydrogen) atoms. The first-order chi connectivity index (χ1) is 6.95. The normalized spacial score (nSPS) is 15.0. The molecule has 1 aliphatic rings. The maximum Gasteiger partial charge on any atom is 0.134 e. The van der Waals surface area contributed by atoms with Gasteiger partial charge in [0.15, 0.2) is 0 Å². The molecule has 1 aromatic carbocycles. The number of benzene rings is 1. The second kappa shape index (κ2) is 3.84. The minimum atomic E-state index is 0.811. The van der Waals surface area contributed by atoms with Gasteiger partial charge in [0.1, 0.15) is 5.58 Å². The SMILES string of the molecule is CN.c1cc(C2CC2)c2ccoc2c1. The van der Waals surface area contributed by atoms with Crippen molar-refractivity contribution >= 4 is 11.0 Å². The summed E-state index contributed by atoms with van der Waals surface area (Å²) in [5, 5.41) is 1.31. The summed E-state index contributed by atoms with van der Waals surface area (Å²) < 4.78 is 5.34. The second-order valence-electron chi connectivity index (χ2n) is 3.45. The lowest BCUT2D eigenvalue weighted by Gasteiger charge is -1.97. The van der Waals surface area contributed by atoms with Crippen molar-refractivity contribution in [2.45, 2.75) is 18.8 Å². The summed E-state index contributed by atoms with van der Waals surface area (Å²) in [5.74, 6) is 0.811. The van der Waals surface area contributed by atoms with E-state index in [-0.39, 0.29) is 0 Å². The van der Waals surface area contributed by atoms with Crippen LogP contribution in [0.3, 0.4) is 0 Å². The molecule has 0 radical (unpaired) electrons. The van der Waals surface area contributed by atoms with Crippen LogP contribution < -0.4 is 5.73 Å². The number of nitrogens with two attached hydrogens (primary N) is 1. The smallest absolute Gasteiger partial charge is 0.134 e. The fraction of sp³-hybridized carbons (Fsp3) is 0.333. The molecule has 1 fully saturated rings. The van der Waals surface area contributed by atoms with Crippen LogP contribution >= 0.6 is 0 Å². The van der Waals surface area contributed by atoms with Crippen LogP contribution in [0.15, 0.2) is 34.9 Å². The van der Waals surface area contributed by atoms with Gasteiger partial charge in [-0.25, -0.2) is 0 Å². The lowest BCUT2D eigenvalue weighted by atomic mass is 10.1. The fourth-order valence-electron chi connectivity index (χ4n) is 1.77. The Hall–Kier alpha value is -1.28. The lowest BCUT2D eigenvalue weighted by Crippen LogP contribution is -1.78. The third kappa shape index (κ3) is 1.53. The van der Waals surface area contributed by atoms with E-state index in [4.69, 9.17) is 4.42 Å². The monoisotopic (exact) mass is 189 g/mol. The summed E-state index contributed by atoms with van der Waals surface area (Å²) in [5.41, 5.74) is 7.00. The van der Waals surface area contributed by atoms with Crippen LogP contribution in [0.1, 0.15) is 24.3 Å². The number of hydrogen-bond acceptors (Lipinski definition) is 2. The van der Waals surface area contributed by atoms with Crippen LogP contribution in [0.25, 0.3) is 11.0 Å². The molecule has 0 saturated heterocycles. The molecule has 0 unspecified atom stereocenters. The van der Waals surface area contributed by atoms with Gasteiger partial charge in [-0.1, -0.05) is 12.1 Å². The van der Waals surface area contributed by atoms with Crippen LogP contribution in [0.2, 0.25) is 0 Å². The van der Waals surface area contributed by atoms with Crippen LogP contribution in [-0.4, -0.2) is 7.05 Å². The van der Waals surface area contributed by atoms with Crippen molar-refractivity contribution in [3.63, 3.8) is 0 Å². The predicted octanol–water partition coefficient (Wildman–Crippen LogP) is 2.89. The maximum atomic E-state index is 5.34. The van der Waals surface area contributed by atoms with E-state index in [2.05, 4.69) is 23.9 Å². The Morgan fingerprint density at radius 1 is 1.21 bits per heavy atom. The lowest BCUT2D eigenvalue weighted by molar-refractivity contribution is 0.615. The van der Waals surface area contributed by atoms with Crippen molar-refractivity contribution in [1.29, 1.82) is 0 Å². The van der Waals surface area contributed by atoms with Crippen molar-refractivity contribution in [2.24, 2.45) is 5.73 Å². The third-order valence-corrected chi connectivity index (χ3v) is 2.55. The molecule has 0 bridgehead atoms. The molecule has 0 spiro atoms. The highest BCUT2D eigenvalue weighted by atomic mass is 16.3. The van der Waals surface area contributed by atoms with E-state index in [1.165, 1.54) is 30.8 Å². The van der Waals surface area contributed by atoms with Crippen molar-refractivity contribution < 1.29 is 4.42 Å². The highest BCUT2D eigenvalue weighted by Crippen LogP contribution is 2.43. The molecule has 0 aliphatic heterocycles. The fourth-order valence-corrected chi connectivity index (χ4v) is 1.77. The Kier molecular flexibility index (Phi) is 2.55. The zero-order valence-electron chi connectivity index (χ0n) is 8.36. The van der Waals surface area contributed by atoms with Gasteiger partial charge in [0.05, 0.1) is 6.26 Å². The summed E-state index contributed by atoms with van der Waals surface area (Å²) in [4.78, 5) is 0. The zero-order valence-corrected chi connectivity index (χ0v) is 8.36. The molecule has 74 valence electrons. The molecule has 1 aliphatic carbocycles. The van der Waals surface area contributed by atoms with Crippen molar-refractivity contribution in [3.8, 4) is 0 Å². The summed E-state index contributed by atoms with van der Waals surface area (Å²) in [6.45, 7) is 0. The van der Waals surface area contributed by atoms with Gasteiger partial charge < -0.3 is 10.2 Å². The summed E-state index contributed by atoms with van der Waals surface area (Å²) in [7, 11) is 1.50. The van der Waals surface area contributed by atoms with Crippen LogP contribution in [0, 0.1) is 0 Å². The first kappa shape index (κ1) is 9.28. The summed E-state index contributed by atoms with van der Waals surface area (Å²) in [6.07, 6.45) is 4.48. The van der Waals surface area contributed by atoms with Crippen LogP contribution in [0.4, 0.5) is 0 Å². The van der Waals surface area contributed by atoms with E-state index in [9.17, 15) is 0 Å². The van der Waals surface area contributed by atoms with Crippen molar-refractivity contribution in [3.05, 3.63) is 36.1 Å². The topological polar surface area (TPSA) is 39.2 Å². The zero-order chi connectivity index (χ0) is 9.97. The first-order valence-corrected chi connectivity index (χ1v) is 4.99. The third-order valence-electron chi connectivity index (χ3n) is 2.55. The summed E-state index contributed by atoms with van der Waals surface area (Å²) in [6, 6.07) is 8.40. The summed E-state index contributed by atoms with van der Waals surface area (Å²) >= 11 is 0. The van der Waals surface area contributed by atoms with E-state index >= 15 is 0 Å². The molecule has 1 saturated carbocycles. The average molecular weight is 189 g/mol. The van der Waals surface area contributed by atoms with Gasteiger partial charge in [0, 0.05) is 5.39 Å². The van der Waals surface area contributed by atoms with Gasteiger partial charge in [0.25, 0.3) is 0 Å². The van der Waals surface area contributed by atoms with Gasteiger partial charge in [0.2, 0.25) is 0 Å². The highest BCUT2D eigenvalue weighted by Gasteiger charge is 2.25. The highest BCUT2D eigenvalue weighted by molar-refractivity contribution is 5.81. The molecular weight excluding hydrogens is 174 g/mol. The van der Waals surface area contributed by atoms with Crippen molar-refractivity contribution in [2.75, 3.05) is 7.05 Å². The Balaban J connectivity index is 0.000000354. The average Bonchev–Trinajstić information content (AvgIpc) is 2.98. The molecule has 1 heterocycles. The Labute approximate surface area is 83.7 Å². The minimum Gasteiger partial charge on any atom is -0.464 e. The second-order valence-corrected chi connectivity index (χ2v) is 3.45. The number of rotatable bonds is 1. The molecule has 2 heteroatoms. The quantitative estimate of drug-likeness (QED) is 0.749. The van der Waals surface area contributed by atoms with E-state index in [0.717, 1.165) is 11.5 Å². The number of hydrogen-bond donors (Lipinski definition) is 1. The molecule has 1 aromatic heterocycles. The minimum absolute atomic E-state index is 0.811. The van der Waals surface area contributed by atoms with Crippen LogP contribution in [-0.2, 0) is 0 Å². The maximum absolute atomic E-state index is 5.34. The number of furan rings is 1. The molecule has 2 N–H and O–H groups in total. The Morgan fingerprint density at radius 2 is 2.00 bits per heavy atom. The van der Waals surface area contributed by atoms with E-state index < -0.39 is 0 Å². The van der Waals surface area contributed by atoms with Crippen LogP contribution in [0.5, 0.6) is 0 Å². The van der Waals surface area contributed by atoms with Gasteiger partial charge in [-0.15, -0.1) is 0 Å². The molecular formula is C12H15NO. The van der Waals surface area contributed by atoms with E-state index in [0.29, 0.717) is 0 Å². The van der Waals surface area contributed by atoms with E-state index in [1.54, 1.807) is 6.26 Å². The van der Waals surface area contributed by atoms with Gasteiger partial charge in [-0.3, -0.25) is 0 Å². The van der Waals surface area contributed by atoms with Gasteiger partial charge in [-0.2, -0.15) is 0 Å². The predicted molar refractivity (Wildman–Crippen MR) is 58.3 cm³/mol. The Morgan fingerprint density at radius 3 is 2.71 bits per heavy atom. The number of fused-ring (bicyclic) bond motifs is 1.